The van der Waals surface area contributed by atoms with E-state index < -0.39 is 0 Å². The first kappa shape index (κ1) is 17.7. The number of nitrogens with zero attached hydrogens (tertiary/aromatic N) is 4. The van der Waals surface area contributed by atoms with Gasteiger partial charge in [0.05, 0.1) is 0 Å². The van der Waals surface area contributed by atoms with Crippen LogP contribution in [0.4, 0.5) is 0 Å². The van der Waals surface area contributed by atoms with Crippen molar-refractivity contribution >= 4 is 0 Å². The lowest BCUT2D eigenvalue weighted by Gasteiger charge is -2.44. The summed E-state index contributed by atoms with van der Waals surface area (Å²) in [5.41, 5.74) is 0. The maximum absolute atomic E-state index is 2.78. The molecular formula is C19H38N4. The van der Waals surface area contributed by atoms with E-state index >= 15 is 0 Å². The number of rotatable bonds is 4. The summed E-state index contributed by atoms with van der Waals surface area (Å²) in [4.78, 5) is 10.5. The van der Waals surface area contributed by atoms with Crippen LogP contribution in [-0.2, 0) is 0 Å². The second-order valence-corrected chi connectivity index (χ2v) is 8.60. The van der Waals surface area contributed by atoms with Crippen LogP contribution in [0.1, 0.15) is 32.6 Å². The van der Waals surface area contributed by atoms with E-state index in [1.165, 1.54) is 84.6 Å². The zero-order valence-electron chi connectivity index (χ0n) is 15.7. The Bertz CT molecular complexity index is 345. The average molecular weight is 323 g/mol. The first-order chi connectivity index (χ1) is 11.1. The number of piperidine rings is 2. The molecule has 3 saturated heterocycles. The third-order valence-corrected chi connectivity index (χ3v) is 6.53. The highest BCUT2D eigenvalue weighted by molar-refractivity contribution is 4.84. The van der Waals surface area contributed by atoms with Gasteiger partial charge in [-0.3, -0.25) is 4.90 Å². The minimum atomic E-state index is 0.745. The summed E-state index contributed by atoms with van der Waals surface area (Å²) in [6, 6.07) is 0.745. The van der Waals surface area contributed by atoms with Crippen LogP contribution in [0.3, 0.4) is 0 Å². The second-order valence-electron chi connectivity index (χ2n) is 8.60. The summed E-state index contributed by atoms with van der Waals surface area (Å²) in [6.45, 7) is 14.2. The molecule has 3 heterocycles. The van der Waals surface area contributed by atoms with Gasteiger partial charge in [-0.2, -0.15) is 0 Å². The molecule has 3 aliphatic rings. The first-order valence-corrected chi connectivity index (χ1v) is 9.93. The van der Waals surface area contributed by atoms with Crippen molar-refractivity contribution in [3.05, 3.63) is 0 Å². The van der Waals surface area contributed by atoms with E-state index in [2.05, 4.69) is 40.6 Å². The zero-order chi connectivity index (χ0) is 16.2. The third-order valence-electron chi connectivity index (χ3n) is 6.53. The van der Waals surface area contributed by atoms with Crippen molar-refractivity contribution in [2.45, 2.75) is 38.6 Å². The standard InChI is InChI=1S/C19H38N4/c1-17-14-22(15-18-4-8-20(2)9-5-18)12-13-23(17)16-19-6-10-21(3)11-7-19/h17-19H,4-16H2,1-3H3. The molecule has 0 aromatic heterocycles. The average Bonchev–Trinajstić information content (AvgIpc) is 2.54. The first-order valence-electron chi connectivity index (χ1n) is 9.93. The smallest absolute Gasteiger partial charge is 0.0195 e. The molecular weight excluding hydrogens is 284 g/mol. The Morgan fingerprint density at radius 1 is 0.696 bits per heavy atom. The SMILES string of the molecule is CC1CN(CC2CCN(C)CC2)CCN1CC1CCN(C)CC1. The molecule has 0 N–H and O–H groups in total. The van der Waals surface area contributed by atoms with Gasteiger partial charge in [0.15, 0.2) is 0 Å². The van der Waals surface area contributed by atoms with E-state index in [0.29, 0.717) is 0 Å². The van der Waals surface area contributed by atoms with Gasteiger partial charge in [-0.15, -0.1) is 0 Å². The molecule has 3 rings (SSSR count). The van der Waals surface area contributed by atoms with Crippen LogP contribution in [0.5, 0.6) is 0 Å². The third kappa shape index (κ3) is 5.15. The lowest BCUT2D eigenvalue weighted by atomic mass is 9.94. The van der Waals surface area contributed by atoms with Gasteiger partial charge in [-0.05, 0) is 84.7 Å². The molecule has 1 atom stereocenters. The maximum atomic E-state index is 2.78. The van der Waals surface area contributed by atoms with Crippen LogP contribution in [0.2, 0.25) is 0 Å². The number of likely N-dealkylation sites (tertiary alicyclic amines) is 2. The van der Waals surface area contributed by atoms with Gasteiger partial charge in [0.25, 0.3) is 0 Å². The van der Waals surface area contributed by atoms with Gasteiger partial charge < -0.3 is 14.7 Å². The van der Waals surface area contributed by atoms with Gasteiger partial charge in [-0.25, -0.2) is 0 Å². The van der Waals surface area contributed by atoms with Gasteiger partial charge in [0.2, 0.25) is 0 Å². The van der Waals surface area contributed by atoms with Crippen molar-refractivity contribution in [3.8, 4) is 0 Å². The fourth-order valence-electron chi connectivity index (χ4n) is 4.69. The van der Waals surface area contributed by atoms with E-state index in [4.69, 9.17) is 0 Å². The van der Waals surface area contributed by atoms with E-state index in [1.807, 2.05) is 0 Å². The summed E-state index contributed by atoms with van der Waals surface area (Å²) in [7, 11) is 4.53. The Kier molecular flexibility index (Phi) is 6.36. The molecule has 4 nitrogen and oxygen atoms in total. The van der Waals surface area contributed by atoms with Crippen molar-refractivity contribution in [2.24, 2.45) is 11.8 Å². The molecule has 0 spiro atoms. The normalized spacial score (nSPS) is 31.7. The minimum Gasteiger partial charge on any atom is -0.306 e. The molecule has 0 amide bonds. The van der Waals surface area contributed by atoms with Crippen LogP contribution in [0, 0.1) is 11.8 Å². The van der Waals surface area contributed by atoms with E-state index in [-0.39, 0.29) is 0 Å². The van der Waals surface area contributed by atoms with Gasteiger partial charge in [0.1, 0.15) is 0 Å². The summed E-state index contributed by atoms with van der Waals surface area (Å²) >= 11 is 0. The Balaban J connectivity index is 1.39. The Morgan fingerprint density at radius 2 is 1.22 bits per heavy atom. The Labute approximate surface area is 143 Å². The molecule has 134 valence electrons. The molecule has 0 saturated carbocycles. The summed E-state index contributed by atoms with van der Waals surface area (Å²) in [5, 5.41) is 0. The van der Waals surface area contributed by atoms with Crippen molar-refractivity contribution in [1.82, 2.24) is 19.6 Å². The highest BCUT2D eigenvalue weighted by Crippen LogP contribution is 2.22. The lowest BCUT2D eigenvalue weighted by Crippen LogP contribution is -2.54. The molecule has 23 heavy (non-hydrogen) atoms. The molecule has 0 aliphatic carbocycles. The largest absolute Gasteiger partial charge is 0.306 e. The molecule has 0 radical (unpaired) electrons. The zero-order valence-corrected chi connectivity index (χ0v) is 15.7. The van der Waals surface area contributed by atoms with Gasteiger partial charge in [-0.1, -0.05) is 0 Å². The maximum Gasteiger partial charge on any atom is 0.0195 e. The van der Waals surface area contributed by atoms with Crippen LogP contribution in [0.15, 0.2) is 0 Å². The van der Waals surface area contributed by atoms with Gasteiger partial charge >= 0.3 is 0 Å². The van der Waals surface area contributed by atoms with Crippen LogP contribution in [-0.4, -0.2) is 98.6 Å². The molecule has 0 bridgehead atoms. The number of piperazine rings is 1. The topological polar surface area (TPSA) is 13.0 Å². The second kappa shape index (κ2) is 8.28. The van der Waals surface area contributed by atoms with E-state index in [9.17, 15) is 0 Å². The van der Waals surface area contributed by atoms with Crippen LogP contribution >= 0.6 is 0 Å². The molecule has 4 heteroatoms. The highest BCUT2D eigenvalue weighted by atomic mass is 15.3. The Hall–Kier alpha value is -0.160. The Morgan fingerprint density at radius 3 is 1.74 bits per heavy atom. The lowest BCUT2D eigenvalue weighted by molar-refractivity contribution is 0.0456. The van der Waals surface area contributed by atoms with Crippen molar-refractivity contribution < 1.29 is 0 Å². The van der Waals surface area contributed by atoms with Gasteiger partial charge in [0, 0.05) is 38.8 Å². The molecule has 3 fully saturated rings. The van der Waals surface area contributed by atoms with Crippen LogP contribution < -0.4 is 0 Å². The minimum absolute atomic E-state index is 0.745. The number of hydrogen-bond acceptors (Lipinski definition) is 4. The predicted molar refractivity (Wildman–Crippen MR) is 97.9 cm³/mol. The number of hydrogen-bond donors (Lipinski definition) is 0. The summed E-state index contributed by atoms with van der Waals surface area (Å²) < 4.78 is 0. The summed E-state index contributed by atoms with van der Waals surface area (Å²) in [5.74, 6) is 1.88. The predicted octanol–water partition coefficient (Wildman–Crippen LogP) is 1.68. The molecule has 0 aromatic carbocycles. The summed E-state index contributed by atoms with van der Waals surface area (Å²) in [6.07, 6.45) is 5.61. The molecule has 0 aromatic rings. The fraction of sp³-hybridized carbons (Fsp3) is 1.00. The molecule has 3 aliphatic heterocycles. The van der Waals surface area contributed by atoms with Crippen molar-refractivity contribution in [3.63, 3.8) is 0 Å². The van der Waals surface area contributed by atoms with E-state index in [0.717, 1.165) is 17.9 Å². The van der Waals surface area contributed by atoms with Crippen molar-refractivity contribution in [2.75, 3.05) is 73.0 Å². The van der Waals surface area contributed by atoms with E-state index in [1.54, 1.807) is 0 Å². The highest BCUT2D eigenvalue weighted by Gasteiger charge is 2.28. The van der Waals surface area contributed by atoms with Crippen LogP contribution in [0.25, 0.3) is 0 Å². The fourth-order valence-corrected chi connectivity index (χ4v) is 4.69. The quantitative estimate of drug-likeness (QED) is 0.781. The molecule has 1 unspecified atom stereocenters. The monoisotopic (exact) mass is 322 g/mol. The van der Waals surface area contributed by atoms with Crippen molar-refractivity contribution in [1.29, 1.82) is 0 Å².